The number of benzene rings is 4. The van der Waals surface area contributed by atoms with Crippen LogP contribution in [-0.2, 0) is 6.61 Å². The maximum absolute atomic E-state index is 12.7. The normalized spacial score (nSPS) is 10.5. The second kappa shape index (κ2) is 10.0. The predicted molar refractivity (Wildman–Crippen MR) is 130 cm³/mol. The Bertz CT molecular complexity index is 1260. The van der Waals surface area contributed by atoms with E-state index < -0.39 is 5.97 Å². The highest BCUT2D eigenvalue weighted by molar-refractivity contribution is 5.91. The van der Waals surface area contributed by atoms with Crippen LogP contribution in [0.1, 0.15) is 27.0 Å². The van der Waals surface area contributed by atoms with Crippen molar-refractivity contribution >= 4 is 5.97 Å². The zero-order valence-corrected chi connectivity index (χ0v) is 19.0. The molecular weight excluding hydrogens is 412 g/mol. The fourth-order valence-corrected chi connectivity index (χ4v) is 3.56. The van der Waals surface area contributed by atoms with Gasteiger partial charge in [-0.15, -0.1) is 0 Å². The molecule has 0 aliphatic rings. The molecule has 0 saturated carbocycles. The monoisotopic (exact) mass is 438 g/mol. The Hall–Kier alpha value is -4.05. The summed E-state index contributed by atoms with van der Waals surface area (Å²) >= 11 is 0. The van der Waals surface area contributed by atoms with Gasteiger partial charge in [-0.05, 0) is 72.5 Å². The van der Waals surface area contributed by atoms with Crippen molar-refractivity contribution in [3.63, 3.8) is 0 Å². The number of esters is 1. The van der Waals surface area contributed by atoms with Gasteiger partial charge in [0, 0.05) is 0 Å². The molecule has 0 N–H and O–H groups in total. The molecule has 0 aliphatic carbocycles. The first kappa shape index (κ1) is 22.2. The molecule has 0 amide bonds. The topological polar surface area (TPSA) is 44.8 Å². The van der Waals surface area contributed by atoms with Crippen LogP contribution in [-0.4, -0.2) is 13.1 Å². The molecule has 0 heterocycles. The number of ether oxygens (including phenoxy) is 3. The number of para-hydroxylation sites is 2. The lowest BCUT2D eigenvalue weighted by molar-refractivity contribution is 0.0733. The Morgan fingerprint density at radius 1 is 0.727 bits per heavy atom. The lowest BCUT2D eigenvalue weighted by atomic mass is 10.0. The summed E-state index contributed by atoms with van der Waals surface area (Å²) in [6.07, 6.45) is 0. The molecule has 0 spiro atoms. The fraction of sp³-hybridized carbons (Fsp3) is 0.138. The van der Waals surface area contributed by atoms with Gasteiger partial charge in [0.15, 0.2) is 11.5 Å². The SMILES string of the molecule is COc1ccccc1OCc1ccc(C(=O)Oc2ccc(-c3cccc(C)c3)cc2C)cc1. The van der Waals surface area contributed by atoms with Crippen LogP contribution in [0.25, 0.3) is 11.1 Å². The number of carbonyl (C=O) groups is 1. The summed E-state index contributed by atoms with van der Waals surface area (Å²) in [6.45, 7) is 4.39. The van der Waals surface area contributed by atoms with Gasteiger partial charge in [0.25, 0.3) is 0 Å². The molecule has 166 valence electrons. The third-order valence-electron chi connectivity index (χ3n) is 5.38. The van der Waals surface area contributed by atoms with E-state index in [0.717, 1.165) is 22.3 Å². The van der Waals surface area contributed by atoms with Crippen molar-refractivity contribution in [2.45, 2.75) is 20.5 Å². The number of rotatable bonds is 7. The molecule has 0 saturated heterocycles. The summed E-state index contributed by atoms with van der Waals surface area (Å²) in [6, 6.07) is 28.9. The lowest BCUT2D eigenvalue weighted by Crippen LogP contribution is -2.09. The molecule has 0 aliphatic heterocycles. The molecule has 4 aromatic carbocycles. The van der Waals surface area contributed by atoms with Crippen molar-refractivity contribution < 1.29 is 19.0 Å². The van der Waals surface area contributed by atoms with Gasteiger partial charge < -0.3 is 14.2 Å². The Labute approximate surface area is 194 Å². The first-order valence-corrected chi connectivity index (χ1v) is 10.8. The zero-order valence-electron chi connectivity index (χ0n) is 19.0. The second-order valence-electron chi connectivity index (χ2n) is 7.88. The molecule has 0 unspecified atom stereocenters. The lowest BCUT2D eigenvalue weighted by Gasteiger charge is -2.11. The van der Waals surface area contributed by atoms with Crippen LogP contribution in [0.2, 0.25) is 0 Å². The highest BCUT2D eigenvalue weighted by Gasteiger charge is 2.12. The summed E-state index contributed by atoms with van der Waals surface area (Å²) in [4.78, 5) is 12.7. The number of hydrogen-bond donors (Lipinski definition) is 0. The third-order valence-corrected chi connectivity index (χ3v) is 5.38. The summed E-state index contributed by atoms with van der Waals surface area (Å²) in [5, 5.41) is 0. The van der Waals surface area contributed by atoms with E-state index in [4.69, 9.17) is 14.2 Å². The Kier molecular flexibility index (Phi) is 6.75. The van der Waals surface area contributed by atoms with E-state index in [0.29, 0.717) is 29.4 Å². The van der Waals surface area contributed by atoms with Gasteiger partial charge in [0.2, 0.25) is 0 Å². The number of hydrogen-bond acceptors (Lipinski definition) is 4. The van der Waals surface area contributed by atoms with Gasteiger partial charge in [-0.1, -0.05) is 60.2 Å². The van der Waals surface area contributed by atoms with E-state index in [2.05, 4.69) is 25.1 Å². The van der Waals surface area contributed by atoms with Crippen LogP contribution in [0.3, 0.4) is 0 Å². The van der Waals surface area contributed by atoms with Crippen molar-refractivity contribution in [2.75, 3.05) is 7.11 Å². The van der Waals surface area contributed by atoms with Crippen LogP contribution in [0, 0.1) is 13.8 Å². The zero-order chi connectivity index (χ0) is 23.2. The molecular formula is C29H26O4. The Morgan fingerprint density at radius 3 is 2.15 bits per heavy atom. The van der Waals surface area contributed by atoms with Crippen molar-refractivity contribution in [3.05, 3.63) is 113 Å². The number of aryl methyl sites for hydroxylation is 2. The van der Waals surface area contributed by atoms with Crippen LogP contribution in [0.5, 0.6) is 17.2 Å². The van der Waals surface area contributed by atoms with E-state index in [1.54, 1.807) is 19.2 Å². The van der Waals surface area contributed by atoms with Crippen molar-refractivity contribution in [1.29, 1.82) is 0 Å². The average Bonchev–Trinajstić information content (AvgIpc) is 2.84. The molecule has 0 fully saturated rings. The van der Waals surface area contributed by atoms with E-state index in [-0.39, 0.29) is 0 Å². The summed E-state index contributed by atoms with van der Waals surface area (Å²) in [5.41, 5.74) is 5.77. The van der Waals surface area contributed by atoms with Crippen molar-refractivity contribution in [1.82, 2.24) is 0 Å². The number of carbonyl (C=O) groups excluding carboxylic acids is 1. The van der Waals surface area contributed by atoms with E-state index in [1.807, 2.05) is 67.6 Å². The molecule has 0 bridgehead atoms. The quantitative estimate of drug-likeness (QED) is 0.236. The van der Waals surface area contributed by atoms with Gasteiger partial charge in [0.05, 0.1) is 12.7 Å². The Morgan fingerprint density at radius 2 is 1.45 bits per heavy atom. The highest BCUT2D eigenvalue weighted by Crippen LogP contribution is 2.28. The molecule has 4 heteroatoms. The molecule has 4 nitrogen and oxygen atoms in total. The van der Waals surface area contributed by atoms with E-state index in [9.17, 15) is 4.79 Å². The average molecular weight is 439 g/mol. The van der Waals surface area contributed by atoms with Crippen LogP contribution < -0.4 is 14.2 Å². The smallest absolute Gasteiger partial charge is 0.343 e. The molecule has 33 heavy (non-hydrogen) atoms. The summed E-state index contributed by atoms with van der Waals surface area (Å²) in [5.74, 6) is 1.52. The largest absolute Gasteiger partial charge is 0.493 e. The third kappa shape index (κ3) is 5.42. The molecule has 0 aromatic heterocycles. The van der Waals surface area contributed by atoms with Crippen molar-refractivity contribution in [3.8, 4) is 28.4 Å². The van der Waals surface area contributed by atoms with Gasteiger partial charge in [-0.25, -0.2) is 4.79 Å². The maximum atomic E-state index is 12.7. The molecule has 4 rings (SSSR count). The maximum Gasteiger partial charge on any atom is 0.343 e. The van der Waals surface area contributed by atoms with Crippen molar-refractivity contribution in [2.24, 2.45) is 0 Å². The van der Waals surface area contributed by atoms with E-state index in [1.165, 1.54) is 5.56 Å². The molecule has 4 aromatic rings. The minimum atomic E-state index is -0.390. The molecule has 0 atom stereocenters. The Balaban J connectivity index is 1.40. The standard InChI is InChI=1S/C29H26O4/c1-20-7-6-8-24(17-20)25-15-16-26(21(2)18-25)33-29(30)23-13-11-22(12-14-23)19-32-28-10-5-4-9-27(28)31-3/h4-18H,19H2,1-3H3. The predicted octanol–water partition coefficient (Wildman–Crippen LogP) is 6.78. The van der Waals surface area contributed by atoms with Gasteiger partial charge in [-0.2, -0.15) is 0 Å². The fourth-order valence-electron chi connectivity index (χ4n) is 3.56. The number of methoxy groups -OCH3 is 1. The van der Waals surface area contributed by atoms with Crippen LogP contribution in [0.4, 0.5) is 0 Å². The van der Waals surface area contributed by atoms with E-state index >= 15 is 0 Å². The molecule has 0 radical (unpaired) electrons. The highest BCUT2D eigenvalue weighted by atomic mass is 16.5. The van der Waals surface area contributed by atoms with Gasteiger partial charge in [-0.3, -0.25) is 0 Å². The minimum absolute atomic E-state index is 0.370. The second-order valence-corrected chi connectivity index (χ2v) is 7.88. The minimum Gasteiger partial charge on any atom is -0.493 e. The summed E-state index contributed by atoms with van der Waals surface area (Å²) in [7, 11) is 1.61. The van der Waals surface area contributed by atoms with Crippen LogP contribution in [0.15, 0.2) is 91.0 Å². The van der Waals surface area contributed by atoms with Crippen LogP contribution >= 0.6 is 0 Å². The first-order valence-electron chi connectivity index (χ1n) is 10.8. The van der Waals surface area contributed by atoms with Gasteiger partial charge >= 0.3 is 5.97 Å². The summed E-state index contributed by atoms with van der Waals surface area (Å²) < 4.78 is 16.8. The van der Waals surface area contributed by atoms with Gasteiger partial charge in [0.1, 0.15) is 12.4 Å². The first-order chi connectivity index (χ1) is 16.0.